The third kappa shape index (κ3) is 17.2. The number of nitrogens with two attached hydrogens (primary N) is 2. The molecule has 0 aliphatic carbocycles. The first-order valence-electron chi connectivity index (χ1n) is 19.0. The number of thiophene rings is 5. The highest BCUT2D eigenvalue weighted by molar-refractivity contribution is 7.11. The number of hydrogen-bond donors (Lipinski definition) is 3. The van der Waals surface area contributed by atoms with Gasteiger partial charge in [0.25, 0.3) is 0 Å². The van der Waals surface area contributed by atoms with Crippen LogP contribution in [0.3, 0.4) is 0 Å². The highest BCUT2D eigenvalue weighted by Crippen LogP contribution is 2.22. The molecule has 0 saturated carbocycles. The Bertz CT molecular complexity index is 1870. The van der Waals surface area contributed by atoms with Crippen molar-refractivity contribution < 1.29 is 28.7 Å². The van der Waals surface area contributed by atoms with Gasteiger partial charge in [0.05, 0.1) is 26.2 Å². The fourth-order valence-corrected chi connectivity index (χ4v) is 9.55. The Labute approximate surface area is 361 Å². The third-order valence-electron chi connectivity index (χ3n) is 8.65. The second-order valence-electron chi connectivity index (χ2n) is 14.6. The summed E-state index contributed by atoms with van der Waals surface area (Å²) in [6, 6.07) is 19.1. The van der Waals surface area contributed by atoms with Crippen molar-refractivity contribution in [3.05, 3.63) is 112 Å². The van der Waals surface area contributed by atoms with Crippen LogP contribution in [0.25, 0.3) is 0 Å². The molecule has 312 valence electrons. The SMILES string of the molecule is CC(C)(C)OC(=O)N[C@@H](CCCC(=O)N(Cc1cccs1)Cc1cccs1)C(=O)N(Cc1cccs1)Cc1cccs1.NC(=O)CCCC(Cc1cccs1)C(N)=O. The van der Waals surface area contributed by atoms with E-state index in [4.69, 9.17) is 16.2 Å². The van der Waals surface area contributed by atoms with Crippen LogP contribution in [0.4, 0.5) is 4.79 Å². The first-order valence-corrected chi connectivity index (χ1v) is 23.4. The van der Waals surface area contributed by atoms with Crippen molar-refractivity contribution in [2.75, 3.05) is 0 Å². The van der Waals surface area contributed by atoms with Gasteiger partial charge in [0.1, 0.15) is 11.6 Å². The topological polar surface area (TPSA) is 165 Å². The molecular weight excluding hydrogens is 831 g/mol. The van der Waals surface area contributed by atoms with Crippen molar-refractivity contribution in [2.24, 2.45) is 17.4 Å². The van der Waals surface area contributed by atoms with Crippen LogP contribution >= 0.6 is 56.7 Å². The van der Waals surface area contributed by atoms with Crippen LogP contribution in [-0.4, -0.2) is 51.2 Å². The van der Waals surface area contributed by atoms with Crippen molar-refractivity contribution in [1.82, 2.24) is 15.1 Å². The van der Waals surface area contributed by atoms with Gasteiger partial charge in [-0.3, -0.25) is 19.2 Å². The van der Waals surface area contributed by atoms with E-state index in [1.807, 2.05) is 92.5 Å². The minimum absolute atomic E-state index is 0.0225. The maximum Gasteiger partial charge on any atom is 0.408 e. The first kappa shape index (κ1) is 46.3. The van der Waals surface area contributed by atoms with E-state index in [1.165, 1.54) is 0 Å². The minimum Gasteiger partial charge on any atom is -0.444 e. The van der Waals surface area contributed by atoms with Crippen LogP contribution in [0.15, 0.2) is 87.6 Å². The lowest BCUT2D eigenvalue weighted by molar-refractivity contribution is -0.136. The van der Waals surface area contributed by atoms with E-state index in [2.05, 4.69) is 5.32 Å². The molecule has 1 unspecified atom stereocenters. The average Bonchev–Trinajstić information content (AvgIpc) is 4.01. The minimum atomic E-state index is -0.824. The molecule has 58 heavy (non-hydrogen) atoms. The van der Waals surface area contributed by atoms with Gasteiger partial charge in [-0.2, -0.15) is 0 Å². The lowest BCUT2D eigenvalue weighted by Gasteiger charge is -2.29. The maximum atomic E-state index is 14.0. The van der Waals surface area contributed by atoms with Crippen molar-refractivity contribution in [3.8, 4) is 0 Å². The molecule has 11 nitrogen and oxygen atoms in total. The second-order valence-corrected chi connectivity index (χ2v) is 19.8. The highest BCUT2D eigenvalue weighted by Gasteiger charge is 2.29. The number of nitrogens with one attached hydrogen (secondary N) is 1. The summed E-state index contributed by atoms with van der Waals surface area (Å²) in [5.74, 6) is -1.01. The average molecular weight is 884 g/mol. The van der Waals surface area contributed by atoms with Crippen LogP contribution in [0.5, 0.6) is 0 Å². The molecule has 5 rings (SSSR count). The smallest absolute Gasteiger partial charge is 0.408 e. The standard InChI is InChI=1S/C31H37N3O4S4.C11H16N2O2S/c1-31(2,3)38-30(37)32-27(29(36)34(21-25-11-7-17-41-25)22-26-12-8-18-42-26)13-4-14-28(35)33(19-23-9-5-15-39-23)20-24-10-6-16-40-24;12-10(14)5-1-3-8(11(13)15)7-9-4-2-6-16-9/h5-12,15-18,27H,4,13-14,19-22H2,1-3H3,(H,32,37);2,4,6,8H,1,3,5,7H2,(H2,12,14)(H2,13,15)/t27-;/m0./s1. The number of amides is 5. The van der Waals surface area contributed by atoms with Gasteiger partial charge in [0.2, 0.25) is 23.6 Å². The Morgan fingerprint density at radius 1 is 0.638 bits per heavy atom. The summed E-state index contributed by atoms with van der Waals surface area (Å²) in [5, 5.41) is 12.8. The molecule has 5 amide bonds. The zero-order valence-electron chi connectivity index (χ0n) is 33.1. The van der Waals surface area contributed by atoms with Gasteiger partial charge >= 0.3 is 6.09 Å². The molecule has 5 aromatic heterocycles. The van der Waals surface area contributed by atoms with Gasteiger partial charge < -0.3 is 31.3 Å². The van der Waals surface area contributed by atoms with Crippen LogP contribution in [0.1, 0.15) is 83.7 Å². The van der Waals surface area contributed by atoms with Crippen LogP contribution in [0, 0.1) is 5.92 Å². The summed E-state index contributed by atoms with van der Waals surface area (Å²) >= 11 is 8.05. The molecular formula is C42H53N5O6S5. The van der Waals surface area contributed by atoms with Crippen molar-refractivity contribution in [1.29, 1.82) is 0 Å². The van der Waals surface area contributed by atoms with Gasteiger partial charge in [-0.1, -0.05) is 30.3 Å². The first-order chi connectivity index (χ1) is 27.8. The van der Waals surface area contributed by atoms with Crippen LogP contribution in [0.2, 0.25) is 0 Å². The monoisotopic (exact) mass is 883 g/mol. The van der Waals surface area contributed by atoms with Gasteiger partial charge in [0.15, 0.2) is 0 Å². The normalized spacial score (nSPS) is 12.1. The molecule has 5 aromatic rings. The maximum absolute atomic E-state index is 14.0. The van der Waals surface area contributed by atoms with Crippen LogP contribution in [-0.2, 0) is 56.5 Å². The molecule has 0 radical (unpaired) electrons. The Hall–Kier alpha value is -4.35. The van der Waals surface area contributed by atoms with E-state index in [-0.39, 0.29) is 36.0 Å². The zero-order valence-corrected chi connectivity index (χ0v) is 37.2. The second kappa shape index (κ2) is 23.9. The summed E-state index contributed by atoms with van der Waals surface area (Å²) < 4.78 is 5.50. The molecule has 0 fully saturated rings. The molecule has 5 N–H and O–H groups in total. The number of rotatable bonds is 21. The quantitative estimate of drug-likeness (QED) is 0.0667. The van der Waals surface area contributed by atoms with Crippen LogP contribution < -0.4 is 16.8 Å². The predicted octanol–water partition coefficient (Wildman–Crippen LogP) is 8.80. The molecule has 16 heteroatoms. The number of alkyl carbamates (subject to hydrolysis) is 1. The van der Waals surface area contributed by atoms with E-state index in [1.54, 1.807) is 82.4 Å². The van der Waals surface area contributed by atoms with Crippen molar-refractivity contribution in [3.63, 3.8) is 0 Å². The third-order valence-corrected chi connectivity index (χ3v) is 13.0. The number of carbonyl (C=O) groups excluding carboxylic acids is 5. The summed E-state index contributed by atoms with van der Waals surface area (Å²) in [6.45, 7) is 7.34. The number of nitrogens with zero attached hydrogens (tertiary/aromatic N) is 2. The van der Waals surface area contributed by atoms with Crippen molar-refractivity contribution in [2.45, 2.75) is 104 Å². The van der Waals surface area contributed by atoms with Crippen molar-refractivity contribution >= 4 is 86.4 Å². The molecule has 0 bridgehead atoms. The lowest BCUT2D eigenvalue weighted by atomic mass is 9.97. The Morgan fingerprint density at radius 2 is 1.07 bits per heavy atom. The van der Waals surface area contributed by atoms with E-state index in [0.29, 0.717) is 64.7 Å². The summed E-state index contributed by atoms with van der Waals surface area (Å²) in [7, 11) is 0. The van der Waals surface area contributed by atoms with Gasteiger partial charge in [-0.25, -0.2) is 4.79 Å². The molecule has 2 atom stereocenters. The highest BCUT2D eigenvalue weighted by atomic mass is 32.1. The molecule has 0 aromatic carbocycles. The predicted molar refractivity (Wildman–Crippen MR) is 237 cm³/mol. The fourth-order valence-electron chi connectivity index (χ4n) is 5.89. The number of ether oxygens (including phenoxy) is 1. The summed E-state index contributed by atoms with van der Waals surface area (Å²) in [6.07, 6.45) is 2.61. The molecule has 0 aliphatic rings. The largest absolute Gasteiger partial charge is 0.444 e. The van der Waals surface area contributed by atoms with E-state index in [9.17, 15) is 24.0 Å². The number of carbonyl (C=O) groups is 5. The molecule has 0 saturated heterocycles. The van der Waals surface area contributed by atoms with Gasteiger partial charge in [-0.15, -0.1) is 56.7 Å². The molecule has 5 heterocycles. The Kier molecular flexibility index (Phi) is 19.1. The van der Waals surface area contributed by atoms with E-state index < -0.39 is 17.7 Å². The number of primary amides is 2. The molecule has 0 spiro atoms. The Balaban J connectivity index is 0.000000390. The fraction of sp³-hybridized carbons (Fsp3) is 0.405. The zero-order chi connectivity index (χ0) is 41.9. The summed E-state index contributed by atoms with van der Waals surface area (Å²) in [4.78, 5) is 71.2. The lowest BCUT2D eigenvalue weighted by Crippen LogP contribution is -2.49. The molecule has 0 aliphatic heterocycles. The number of hydrogen-bond acceptors (Lipinski definition) is 11. The van der Waals surface area contributed by atoms with E-state index >= 15 is 0 Å². The summed E-state index contributed by atoms with van der Waals surface area (Å²) in [5.41, 5.74) is 9.65. The van der Waals surface area contributed by atoms with Gasteiger partial charge in [-0.05, 0) is 110 Å². The van der Waals surface area contributed by atoms with Gasteiger partial charge in [0, 0.05) is 43.1 Å². The van der Waals surface area contributed by atoms with E-state index in [0.717, 1.165) is 24.4 Å². The Morgan fingerprint density at radius 3 is 1.47 bits per heavy atom.